The molecule has 2 N–H and O–H groups in total. The van der Waals surface area contributed by atoms with E-state index >= 15 is 0 Å². The van der Waals surface area contributed by atoms with Crippen LogP contribution in [0.2, 0.25) is 0 Å². The third kappa shape index (κ3) is 5.25. The number of aliphatic imine (C=N–C) groups is 1. The highest BCUT2D eigenvalue weighted by molar-refractivity contribution is 6.09. The van der Waals surface area contributed by atoms with E-state index in [1.54, 1.807) is 49.8 Å². The summed E-state index contributed by atoms with van der Waals surface area (Å²) < 4.78 is 11.1. The molecule has 9 heteroatoms. The second kappa shape index (κ2) is 11.0. The molecular weight excluding hydrogens is 482 g/mol. The maximum absolute atomic E-state index is 13.6. The highest BCUT2D eigenvalue weighted by atomic mass is 16.5. The number of ether oxygens (including phenoxy) is 2. The number of pyridine rings is 1. The van der Waals surface area contributed by atoms with Gasteiger partial charge >= 0.3 is 12.0 Å². The van der Waals surface area contributed by atoms with Crippen LogP contribution in [0.15, 0.2) is 78.0 Å². The first-order chi connectivity index (χ1) is 18.6. The van der Waals surface area contributed by atoms with Crippen molar-refractivity contribution in [2.45, 2.75) is 25.5 Å². The number of aryl methyl sites for hydroxylation is 1. The molecule has 1 aliphatic rings. The topological polar surface area (TPSA) is 129 Å². The van der Waals surface area contributed by atoms with Gasteiger partial charge in [-0.2, -0.15) is 5.26 Å². The zero-order valence-corrected chi connectivity index (χ0v) is 20.7. The Bertz CT molecular complexity index is 1570. The summed E-state index contributed by atoms with van der Waals surface area (Å²) in [5.74, 6) is -0.637. The number of nitrogens with zero attached hydrogens (tertiary/aromatic N) is 3. The third-order valence-corrected chi connectivity index (χ3v) is 6.53. The molecule has 2 aromatic carbocycles. The van der Waals surface area contributed by atoms with Gasteiger partial charge in [-0.1, -0.05) is 24.3 Å². The average molecular weight is 508 g/mol. The summed E-state index contributed by atoms with van der Waals surface area (Å²) in [6.45, 7) is -0.00980. The molecule has 4 aromatic rings. The maximum Gasteiger partial charge on any atom is 0.341 e. The second-order valence-electron chi connectivity index (χ2n) is 8.92. The van der Waals surface area contributed by atoms with E-state index in [0.717, 1.165) is 22.3 Å². The van der Waals surface area contributed by atoms with E-state index in [-0.39, 0.29) is 6.61 Å². The van der Waals surface area contributed by atoms with E-state index in [9.17, 15) is 14.9 Å². The number of urea groups is 1. The molecule has 0 saturated carbocycles. The fourth-order valence-corrected chi connectivity index (χ4v) is 4.69. The van der Waals surface area contributed by atoms with Crippen molar-refractivity contribution in [2.75, 3.05) is 7.11 Å². The molecule has 3 heterocycles. The fourth-order valence-electron chi connectivity index (χ4n) is 4.69. The van der Waals surface area contributed by atoms with Crippen LogP contribution in [0.5, 0.6) is 5.75 Å². The van der Waals surface area contributed by atoms with Gasteiger partial charge in [0.1, 0.15) is 23.9 Å². The van der Waals surface area contributed by atoms with Crippen LogP contribution < -0.4 is 10.1 Å². The normalized spacial score (nSPS) is 16.8. The van der Waals surface area contributed by atoms with Crippen LogP contribution in [-0.4, -0.2) is 34.8 Å². The van der Waals surface area contributed by atoms with Crippen molar-refractivity contribution < 1.29 is 19.1 Å². The molecule has 2 unspecified atom stereocenters. The van der Waals surface area contributed by atoms with Crippen LogP contribution in [0.3, 0.4) is 0 Å². The van der Waals surface area contributed by atoms with Gasteiger partial charge in [-0.3, -0.25) is 4.79 Å². The van der Waals surface area contributed by atoms with Crippen molar-refractivity contribution in [3.05, 3.63) is 95.3 Å². The Kier molecular flexibility index (Phi) is 7.13. The van der Waals surface area contributed by atoms with Gasteiger partial charge < -0.3 is 19.8 Å². The Morgan fingerprint density at radius 2 is 1.92 bits per heavy atom. The van der Waals surface area contributed by atoms with Crippen molar-refractivity contribution in [1.29, 1.82) is 5.26 Å². The zero-order valence-electron chi connectivity index (χ0n) is 20.7. The van der Waals surface area contributed by atoms with Crippen LogP contribution in [0, 0.1) is 17.2 Å². The number of amides is 2. The first-order valence-corrected chi connectivity index (χ1v) is 12.1. The lowest BCUT2D eigenvalue weighted by molar-refractivity contribution is -0.148. The molecule has 38 heavy (non-hydrogen) atoms. The molecule has 0 bridgehead atoms. The maximum atomic E-state index is 13.6. The minimum atomic E-state index is -0.850. The van der Waals surface area contributed by atoms with Crippen LogP contribution in [-0.2, 0) is 22.6 Å². The average Bonchev–Trinajstić information content (AvgIpc) is 3.39. The number of nitriles is 1. The largest absolute Gasteiger partial charge is 0.497 e. The number of carbonyl (C=O) groups excluding carboxylic acids is 2. The predicted molar refractivity (Wildman–Crippen MR) is 141 cm³/mol. The molecule has 0 radical (unpaired) electrons. The molecule has 2 atom stereocenters. The van der Waals surface area contributed by atoms with Crippen LogP contribution in [0.4, 0.5) is 4.79 Å². The molecule has 0 saturated heterocycles. The Labute approximate surface area is 219 Å². The van der Waals surface area contributed by atoms with Gasteiger partial charge in [-0.25, -0.2) is 14.8 Å². The van der Waals surface area contributed by atoms with Gasteiger partial charge in [-0.15, -0.1) is 0 Å². The van der Waals surface area contributed by atoms with Crippen molar-refractivity contribution in [2.24, 2.45) is 10.9 Å². The molecule has 0 aliphatic carbocycles. The standard InChI is InChI=1S/C29H25N5O4/c1-37-21-8-3-5-18(14-21)10-11-24-25(28(35)38-17-20-7-2-6-19(13-20)15-30)26(34-29(36)33-24)23-16-32-27-22(23)9-4-12-31-27/h2-9,12-14,16,25-26H,10-11,17H2,1H3,(H,31,32)(H,34,36). The SMILES string of the molecule is COc1cccc(CCC2=NC(=O)NC(c3c[nH]c4ncccc34)C2C(=O)OCc2cccc(C#N)c2)c1. The summed E-state index contributed by atoms with van der Waals surface area (Å²) in [6.07, 6.45) is 4.36. The Hall–Kier alpha value is -4.97. The first kappa shape index (κ1) is 24.7. The van der Waals surface area contributed by atoms with Crippen LogP contribution >= 0.6 is 0 Å². The number of fused-ring (bicyclic) bond motifs is 1. The number of carbonyl (C=O) groups is 2. The van der Waals surface area contributed by atoms with Crippen molar-refractivity contribution >= 4 is 28.7 Å². The predicted octanol–water partition coefficient (Wildman–Crippen LogP) is 4.64. The molecule has 1 aliphatic heterocycles. The number of methoxy groups -OCH3 is 1. The minimum absolute atomic E-state index is 0.00980. The van der Waals surface area contributed by atoms with Gasteiger partial charge in [0.05, 0.1) is 24.8 Å². The first-order valence-electron chi connectivity index (χ1n) is 12.1. The van der Waals surface area contributed by atoms with Gasteiger partial charge in [-0.05, 0) is 60.4 Å². The molecule has 2 aromatic heterocycles. The highest BCUT2D eigenvalue weighted by Gasteiger charge is 2.40. The minimum Gasteiger partial charge on any atom is -0.497 e. The van der Waals surface area contributed by atoms with E-state index in [1.807, 2.05) is 30.3 Å². The van der Waals surface area contributed by atoms with Gasteiger partial charge in [0.2, 0.25) is 0 Å². The monoisotopic (exact) mass is 507 g/mol. The molecule has 190 valence electrons. The van der Waals surface area contributed by atoms with E-state index in [4.69, 9.17) is 9.47 Å². The Morgan fingerprint density at radius 1 is 1.08 bits per heavy atom. The zero-order chi connectivity index (χ0) is 26.5. The van der Waals surface area contributed by atoms with Crippen molar-refractivity contribution in [3.8, 4) is 11.8 Å². The van der Waals surface area contributed by atoms with Crippen molar-refractivity contribution in [3.63, 3.8) is 0 Å². The van der Waals surface area contributed by atoms with E-state index in [0.29, 0.717) is 35.3 Å². The number of H-pyrrole nitrogens is 1. The number of esters is 1. The lowest BCUT2D eigenvalue weighted by Gasteiger charge is -2.30. The number of aromatic amines is 1. The van der Waals surface area contributed by atoms with Gasteiger partial charge in [0, 0.05) is 29.1 Å². The van der Waals surface area contributed by atoms with Crippen LogP contribution in [0.1, 0.15) is 34.7 Å². The number of nitrogens with one attached hydrogen (secondary N) is 2. The molecule has 5 rings (SSSR count). The smallest absolute Gasteiger partial charge is 0.341 e. The molecule has 0 spiro atoms. The van der Waals surface area contributed by atoms with E-state index in [1.165, 1.54) is 0 Å². The Balaban J connectivity index is 1.45. The third-order valence-electron chi connectivity index (χ3n) is 6.53. The Morgan fingerprint density at radius 3 is 2.76 bits per heavy atom. The quantitative estimate of drug-likeness (QED) is 0.334. The number of rotatable bonds is 8. The lowest BCUT2D eigenvalue weighted by Crippen LogP contribution is -2.45. The molecular formula is C29H25N5O4. The summed E-state index contributed by atoms with van der Waals surface area (Å²) in [7, 11) is 1.60. The number of hydrogen-bond donors (Lipinski definition) is 2. The summed E-state index contributed by atoms with van der Waals surface area (Å²) in [5.41, 5.74) is 3.98. The van der Waals surface area contributed by atoms with Crippen LogP contribution in [0.25, 0.3) is 11.0 Å². The number of hydrogen-bond acceptors (Lipinski definition) is 6. The summed E-state index contributed by atoms with van der Waals surface area (Å²) in [4.78, 5) is 38.0. The lowest BCUT2D eigenvalue weighted by atomic mass is 9.85. The van der Waals surface area contributed by atoms with Crippen molar-refractivity contribution in [1.82, 2.24) is 15.3 Å². The van der Waals surface area contributed by atoms with E-state index < -0.39 is 24.0 Å². The second-order valence-corrected chi connectivity index (χ2v) is 8.92. The molecule has 0 fully saturated rings. The highest BCUT2D eigenvalue weighted by Crippen LogP contribution is 2.34. The van der Waals surface area contributed by atoms with Gasteiger partial charge in [0.25, 0.3) is 0 Å². The van der Waals surface area contributed by atoms with E-state index in [2.05, 4.69) is 26.3 Å². The van der Waals surface area contributed by atoms with Gasteiger partial charge in [0.15, 0.2) is 0 Å². The molecule has 2 amide bonds. The fraction of sp³-hybridized carbons (Fsp3) is 0.207. The molecule has 9 nitrogen and oxygen atoms in total. The number of benzene rings is 2. The summed E-state index contributed by atoms with van der Waals surface area (Å²) in [5, 5.41) is 12.9. The summed E-state index contributed by atoms with van der Waals surface area (Å²) in [6, 6.07) is 19.1. The summed E-state index contributed by atoms with van der Waals surface area (Å²) >= 11 is 0. The number of aromatic nitrogens is 2.